The first-order valence-electron chi connectivity index (χ1n) is 13.0. The average molecular weight is 493 g/mol. The van der Waals surface area contributed by atoms with Crippen molar-refractivity contribution in [2.75, 3.05) is 26.7 Å². The van der Waals surface area contributed by atoms with Crippen molar-refractivity contribution in [1.82, 2.24) is 9.88 Å². The standard InChI is InChI=1S/C30H37FN2O3/c1-21-6-8-22(9-7-21)5-3-4-17-33-18-15-23(27(20-33)30(34)35)10-12-28(31)25-14-16-32-29-13-11-24(36-2)19-26(25)29/h6-9,11,13-14,16,19,23,27-28H,3-5,10,12,15,17-18,20H2,1-2H3,(H,34,35)/t23-,27+,28+/m1/s1. The van der Waals surface area contributed by atoms with Gasteiger partial charge < -0.3 is 14.7 Å². The molecule has 0 spiro atoms. The number of rotatable bonds is 11. The quantitative estimate of drug-likeness (QED) is 0.314. The molecule has 0 bridgehead atoms. The Morgan fingerprint density at radius 2 is 2.00 bits per heavy atom. The lowest BCUT2D eigenvalue weighted by molar-refractivity contribution is -0.146. The Morgan fingerprint density at radius 3 is 2.75 bits per heavy atom. The summed E-state index contributed by atoms with van der Waals surface area (Å²) in [5.74, 6) is -0.551. The number of alkyl halides is 1. The van der Waals surface area contributed by atoms with Crippen LogP contribution in [-0.4, -0.2) is 47.7 Å². The van der Waals surface area contributed by atoms with Gasteiger partial charge in [0.15, 0.2) is 0 Å². The highest BCUT2D eigenvalue weighted by Crippen LogP contribution is 2.35. The zero-order chi connectivity index (χ0) is 25.5. The smallest absolute Gasteiger partial charge is 0.308 e. The van der Waals surface area contributed by atoms with E-state index in [9.17, 15) is 9.90 Å². The van der Waals surface area contributed by atoms with Crippen LogP contribution in [0.4, 0.5) is 4.39 Å². The largest absolute Gasteiger partial charge is 0.497 e. The molecule has 3 atom stereocenters. The summed E-state index contributed by atoms with van der Waals surface area (Å²) in [6.07, 6.45) is 5.32. The molecule has 1 saturated heterocycles. The predicted octanol–water partition coefficient (Wildman–Crippen LogP) is 6.39. The maximum atomic E-state index is 15.4. The molecule has 1 aliphatic rings. The monoisotopic (exact) mass is 492 g/mol. The topological polar surface area (TPSA) is 62.7 Å². The number of hydrogen-bond acceptors (Lipinski definition) is 4. The van der Waals surface area contributed by atoms with Crippen molar-refractivity contribution in [2.45, 2.75) is 51.6 Å². The van der Waals surface area contributed by atoms with Gasteiger partial charge in [0.05, 0.1) is 18.5 Å². The fraction of sp³-hybridized carbons (Fsp3) is 0.467. The Labute approximate surface area is 213 Å². The van der Waals surface area contributed by atoms with E-state index in [4.69, 9.17) is 4.74 Å². The molecule has 2 aromatic carbocycles. The second-order valence-corrected chi connectivity index (χ2v) is 10.1. The van der Waals surface area contributed by atoms with E-state index in [0.29, 0.717) is 30.7 Å². The molecule has 1 N–H and O–H groups in total. The van der Waals surface area contributed by atoms with Gasteiger partial charge in [0.1, 0.15) is 11.9 Å². The van der Waals surface area contributed by atoms with E-state index >= 15 is 4.39 Å². The van der Waals surface area contributed by atoms with Crippen LogP contribution in [0.3, 0.4) is 0 Å². The van der Waals surface area contributed by atoms with Crippen LogP contribution in [0.25, 0.3) is 10.9 Å². The summed E-state index contributed by atoms with van der Waals surface area (Å²) in [4.78, 5) is 18.7. The number of unbranched alkanes of at least 4 members (excludes halogenated alkanes) is 1. The lowest BCUT2D eigenvalue weighted by atomic mass is 9.81. The molecule has 0 amide bonds. The number of carboxylic acid groups (broad SMARTS) is 1. The van der Waals surface area contributed by atoms with Gasteiger partial charge >= 0.3 is 5.97 Å². The van der Waals surface area contributed by atoms with Crippen molar-refractivity contribution < 1.29 is 19.0 Å². The number of pyridine rings is 1. The van der Waals surface area contributed by atoms with Crippen molar-refractivity contribution in [3.05, 3.63) is 71.4 Å². The van der Waals surface area contributed by atoms with Crippen molar-refractivity contribution in [3.63, 3.8) is 0 Å². The second-order valence-electron chi connectivity index (χ2n) is 10.1. The minimum atomic E-state index is -1.17. The third-order valence-corrected chi connectivity index (χ3v) is 7.58. The van der Waals surface area contributed by atoms with Gasteiger partial charge in [0.2, 0.25) is 0 Å². The molecular formula is C30H37FN2O3. The number of halogens is 1. The summed E-state index contributed by atoms with van der Waals surface area (Å²) in [5.41, 5.74) is 3.95. The van der Waals surface area contributed by atoms with E-state index in [1.807, 2.05) is 18.2 Å². The highest BCUT2D eigenvalue weighted by molar-refractivity contribution is 5.83. The van der Waals surface area contributed by atoms with E-state index in [0.717, 1.165) is 49.7 Å². The van der Waals surface area contributed by atoms with Crippen LogP contribution in [0.1, 0.15) is 55.0 Å². The van der Waals surface area contributed by atoms with E-state index in [1.165, 1.54) is 11.1 Å². The first-order chi connectivity index (χ1) is 17.4. The normalized spacial score (nSPS) is 19.3. The Balaban J connectivity index is 1.29. The van der Waals surface area contributed by atoms with Crippen LogP contribution in [0.5, 0.6) is 5.75 Å². The molecule has 1 aromatic heterocycles. The number of hydrogen-bond donors (Lipinski definition) is 1. The molecular weight excluding hydrogens is 455 g/mol. The molecule has 1 fully saturated rings. The number of fused-ring (bicyclic) bond motifs is 1. The van der Waals surface area contributed by atoms with Gasteiger partial charge in [-0.25, -0.2) is 4.39 Å². The number of likely N-dealkylation sites (tertiary alicyclic amines) is 1. The number of aryl methyl sites for hydroxylation is 2. The van der Waals surface area contributed by atoms with Crippen molar-refractivity contribution >= 4 is 16.9 Å². The fourth-order valence-corrected chi connectivity index (χ4v) is 5.38. The van der Waals surface area contributed by atoms with Crippen LogP contribution in [0, 0.1) is 18.8 Å². The summed E-state index contributed by atoms with van der Waals surface area (Å²) in [6.45, 7) is 4.44. The van der Waals surface area contributed by atoms with Gasteiger partial charge in [-0.05, 0) is 99.8 Å². The van der Waals surface area contributed by atoms with Crippen LogP contribution < -0.4 is 4.74 Å². The molecule has 1 aliphatic heterocycles. The fourth-order valence-electron chi connectivity index (χ4n) is 5.38. The molecule has 2 heterocycles. The minimum absolute atomic E-state index is 0.00723. The Kier molecular flexibility index (Phi) is 8.92. The molecule has 4 rings (SSSR count). The zero-order valence-corrected chi connectivity index (χ0v) is 21.3. The number of ether oxygens (including phenoxy) is 1. The Bertz CT molecular complexity index is 1150. The average Bonchev–Trinajstić information content (AvgIpc) is 2.90. The highest BCUT2D eigenvalue weighted by atomic mass is 19.1. The van der Waals surface area contributed by atoms with Gasteiger partial charge in [-0.2, -0.15) is 0 Å². The van der Waals surface area contributed by atoms with Crippen LogP contribution in [0.15, 0.2) is 54.7 Å². The van der Waals surface area contributed by atoms with Crippen LogP contribution >= 0.6 is 0 Å². The molecule has 0 unspecified atom stereocenters. The van der Waals surface area contributed by atoms with Crippen LogP contribution in [-0.2, 0) is 11.2 Å². The van der Waals surface area contributed by atoms with E-state index in [1.54, 1.807) is 19.4 Å². The number of carbonyl (C=O) groups is 1. The first-order valence-corrected chi connectivity index (χ1v) is 13.0. The summed E-state index contributed by atoms with van der Waals surface area (Å²) in [5, 5.41) is 10.7. The summed E-state index contributed by atoms with van der Waals surface area (Å²) in [6, 6.07) is 15.9. The molecule has 36 heavy (non-hydrogen) atoms. The predicted molar refractivity (Wildman–Crippen MR) is 141 cm³/mol. The zero-order valence-electron chi connectivity index (χ0n) is 21.3. The number of nitrogens with zero attached hydrogens (tertiary/aromatic N) is 2. The third-order valence-electron chi connectivity index (χ3n) is 7.58. The lowest BCUT2D eigenvalue weighted by Gasteiger charge is -2.37. The van der Waals surface area contributed by atoms with Crippen molar-refractivity contribution in [1.29, 1.82) is 0 Å². The Morgan fingerprint density at radius 1 is 1.19 bits per heavy atom. The maximum absolute atomic E-state index is 15.4. The summed E-state index contributed by atoms with van der Waals surface area (Å²) in [7, 11) is 1.59. The van der Waals surface area contributed by atoms with Gasteiger partial charge in [-0.15, -0.1) is 0 Å². The molecule has 192 valence electrons. The van der Waals surface area contributed by atoms with E-state index < -0.39 is 18.1 Å². The van der Waals surface area contributed by atoms with Gasteiger partial charge in [0.25, 0.3) is 0 Å². The van der Waals surface area contributed by atoms with Gasteiger partial charge in [0, 0.05) is 18.1 Å². The highest BCUT2D eigenvalue weighted by Gasteiger charge is 2.34. The van der Waals surface area contributed by atoms with E-state index in [2.05, 4.69) is 41.1 Å². The summed E-state index contributed by atoms with van der Waals surface area (Å²) < 4.78 is 20.7. The van der Waals surface area contributed by atoms with Crippen LogP contribution in [0.2, 0.25) is 0 Å². The second kappa shape index (κ2) is 12.3. The SMILES string of the molecule is COc1ccc2nccc([C@@H](F)CC[C@@H]3CCN(CCCCc4ccc(C)cc4)C[C@@H]3C(=O)O)c2c1. The molecule has 0 saturated carbocycles. The lowest BCUT2D eigenvalue weighted by Crippen LogP contribution is -2.44. The number of benzene rings is 2. The van der Waals surface area contributed by atoms with E-state index in [-0.39, 0.29) is 5.92 Å². The third kappa shape index (κ3) is 6.61. The number of aliphatic carboxylic acids is 1. The minimum Gasteiger partial charge on any atom is -0.497 e. The number of carboxylic acids is 1. The maximum Gasteiger partial charge on any atom is 0.308 e. The summed E-state index contributed by atoms with van der Waals surface area (Å²) >= 11 is 0. The van der Waals surface area contributed by atoms with Crippen molar-refractivity contribution in [2.24, 2.45) is 11.8 Å². The molecule has 3 aromatic rings. The van der Waals surface area contributed by atoms with Gasteiger partial charge in [-0.1, -0.05) is 29.8 Å². The molecule has 6 heteroatoms. The number of aromatic nitrogens is 1. The van der Waals surface area contributed by atoms with Gasteiger partial charge in [-0.3, -0.25) is 9.78 Å². The Hall–Kier alpha value is -2.99. The molecule has 0 aliphatic carbocycles. The number of piperidine rings is 1. The number of methoxy groups -OCH3 is 1. The van der Waals surface area contributed by atoms with Crippen molar-refractivity contribution in [3.8, 4) is 5.75 Å². The molecule has 0 radical (unpaired) electrons. The first kappa shape index (κ1) is 26.1. The molecule has 5 nitrogen and oxygen atoms in total.